The normalized spacial score (nSPS) is 8.92. The van der Waals surface area contributed by atoms with E-state index in [1.807, 2.05) is 109 Å². The van der Waals surface area contributed by atoms with E-state index in [9.17, 15) is 0 Å². The summed E-state index contributed by atoms with van der Waals surface area (Å²) in [6.45, 7) is 0. The number of hydrogen-bond donors (Lipinski definition) is 0. The van der Waals surface area contributed by atoms with Crippen LogP contribution in [0, 0.1) is 0 Å². The molecule has 0 aliphatic rings. The molecule has 6 rings (SSSR count). The molecule has 0 fully saturated rings. The number of nitrogens with zero attached hydrogens (tertiary/aromatic N) is 6. The van der Waals surface area contributed by atoms with Gasteiger partial charge in [0.05, 0.1) is 34.2 Å². The zero-order chi connectivity index (χ0) is 24.7. The molecule has 0 spiro atoms. The summed E-state index contributed by atoms with van der Waals surface area (Å²) in [7, 11) is 0. The minimum Gasteiger partial charge on any atom is -0.255 e. The molecule has 39 heavy (non-hydrogen) atoms. The van der Waals surface area contributed by atoms with Crippen molar-refractivity contribution >= 4 is 24.8 Å². The molecule has 9 heteroatoms. The largest absolute Gasteiger partial charge is 0.255 e. The van der Waals surface area contributed by atoms with Crippen molar-refractivity contribution in [3.05, 3.63) is 146 Å². The molecule has 0 aliphatic heterocycles. The standard InChI is InChI=1S/3C10H8N2.2ClH.Ru/c3*1-3-7-11-9(5-1)10-6-2-4-8-12-10;;;/h3*1-8H;2*1H;. The molecule has 0 amide bonds. The van der Waals surface area contributed by atoms with Gasteiger partial charge < -0.3 is 0 Å². The third-order valence-corrected chi connectivity index (χ3v) is 4.78. The molecule has 198 valence electrons. The molecule has 6 aromatic heterocycles. The van der Waals surface area contributed by atoms with E-state index in [2.05, 4.69) is 29.9 Å². The van der Waals surface area contributed by atoms with Gasteiger partial charge >= 0.3 is 0 Å². The van der Waals surface area contributed by atoms with Gasteiger partial charge in [-0.05, 0) is 72.8 Å². The van der Waals surface area contributed by atoms with E-state index in [0.717, 1.165) is 34.2 Å². The third kappa shape index (κ3) is 11.2. The predicted octanol–water partition coefficient (Wildman–Crippen LogP) is 7.27. The van der Waals surface area contributed by atoms with Crippen LogP contribution < -0.4 is 0 Å². The fourth-order valence-electron chi connectivity index (χ4n) is 3.09. The first-order valence-corrected chi connectivity index (χ1v) is 11.4. The Balaban J connectivity index is 0.000000282. The van der Waals surface area contributed by atoms with Crippen LogP contribution in [0.25, 0.3) is 34.2 Å². The monoisotopic (exact) mass is 642 g/mol. The maximum Gasteiger partial charge on any atom is 0.0886 e. The number of halogens is 2. The molecule has 0 N–H and O–H groups in total. The molecule has 6 aromatic rings. The minimum absolute atomic E-state index is 0. The summed E-state index contributed by atoms with van der Waals surface area (Å²) in [5.41, 5.74) is 5.49. The SMILES string of the molecule is Cl.Cl.[Ru].c1ccc(-c2ccccn2)nc1.c1ccc(-c2ccccn2)nc1.c1ccc(-c2ccccn2)nc1. The van der Waals surface area contributed by atoms with Crippen LogP contribution >= 0.6 is 24.8 Å². The Morgan fingerprint density at radius 3 is 0.513 bits per heavy atom. The van der Waals surface area contributed by atoms with Crippen molar-refractivity contribution in [2.24, 2.45) is 0 Å². The second-order valence-corrected chi connectivity index (χ2v) is 7.29. The van der Waals surface area contributed by atoms with Crippen LogP contribution in [0.3, 0.4) is 0 Å². The molecular formula is C30H26Cl2N6Ru. The van der Waals surface area contributed by atoms with Crippen LogP contribution in [0.1, 0.15) is 0 Å². The van der Waals surface area contributed by atoms with Crippen LogP contribution in [-0.4, -0.2) is 29.9 Å². The summed E-state index contributed by atoms with van der Waals surface area (Å²) in [4.78, 5) is 25.1. The summed E-state index contributed by atoms with van der Waals surface area (Å²) in [6, 6.07) is 34.8. The summed E-state index contributed by atoms with van der Waals surface area (Å²) in [6.07, 6.45) is 10.6. The van der Waals surface area contributed by atoms with E-state index in [-0.39, 0.29) is 44.3 Å². The molecule has 0 saturated heterocycles. The number of pyridine rings is 6. The van der Waals surface area contributed by atoms with Gasteiger partial charge in [0.15, 0.2) is 0 Å². The third-order valence-electron chi connectivity index (χ3n) is 4.78. The van der Waals surface area contributed by atoms with Crippen LogP contribution in [0.2, 0.25) is 0 Å². The molecule has 0 aromatic carbocycles. The molecule has 6 heterocycles. The van der Waals surface area contributed by atoms with Crippen LogP contribution in [0.4, 0.5) is 0 Å². The van der Waals surface area contributed by atoms with Gasteiger partial charge in [0.1, 0.15) is 0 Å². The first-order valence-electron chi connectivity index (χ1n) is 11.4. The van der Waals surface area contributed by atoms with Gasteiger partial charge in [0, 0.05) is 56.7 Å². The van der Waals surface area contributed by atoms with Crippen molar-refractivity contribution in [1.82, 2.24) is 29.9 Å². The zero-order valence-electron chi connectivity index (χ0n) is 20.7. The molecular weight excluding hydrogens is 616 g/mol. The second kappa shape index (κ2) is 19.2. The maximum atomic E-state index is 4.19. The van der Waals surface area contributed by atoms with E-state index in [1.165, 1.54) is 0 Å². The zero-order valence-corrected chi connectivity index (χ0v) is 24.1. The number of hydrogen-bond acceptors (Lipinski definition) is 6. The molecule has 0 aliphatic carbocycles. The summed E-state index contributed by atoms with van der Waals surface area (Å²) in [5, 5.41) is 0. The second-order valence-electron chi connectivity index (χ2n) is 7.29. The predicted molar refractivity (Wildman–Crippen MR) is 157 cm³/mol. The van der Waals surface area contributed by atoms with E-state index >= 15 is 0 Å². The van der Waals surface area contributed by atoms with Crippen LogP contribution in [0.15, 0.2) is 146 Å². The van der Waals surface area contributed by atoms with Crippen LogP contribution in [0.5, 0.6) is 0 Å². The molecule has 0 radical (unpaired) electrons. The van der Waals surface area contributed by atoms with Gasteiger partial charge in [0.25, 0.3) is 0 Å². The quantitative estimate of drug-likeness (QED) is 0.189. The molecule has 0 atom stereocenters. The van der Waals surface area contributed by atoms with Crippen molar-refractivity contribution in [1.29, 1.82) is 0 Å². The van der Waals surface area contributed by atoms with Gasteiger partial charge in [0.2, 0.25) is 0 Å². The summed E-state index contributed by atoms with van der Waals surface area (Å²) >= 11 is 0. The van der Waals surface area contributed by atoms with E-state index in [0.29, 0.717) is 0 Å². The number of rotatable bonds is 3. The Labute approximate surface area is 253 Å². The van der Waals surface area contributed by atoms with Gasteiger partial charge in [-0.25, -0.2) is 0 Å². The summed E-state index contributed by atoms with van der Waals surface area (Å²) in [5.74, 6) is 0. The van der Waals surface area contributed by atoms with E-state index < -0.39 is 0 Å². The first-order chi connectivity index (χ1) is 17.9. The molecule has 0 unspecified atom stereocenters. The maximum absolute atomic E-state index is 4.19. The van der Waals surface area contributed by atoms with Gasteiger partial charge in [-0.15, -0.1) is 24.8 Å². The minimum atomic E-state index is 0. The topological polar surface area (TPSA) is 77.3 Å². The molecule has 0 saturated carbocycles. The fourth-order valence-corrected chi connectivity index (χ4v) is 3.09. The van der Waals surface area contributed by atoms with Gasteiger partial charge in [-0.2, -0.15) is 0 Å². The van der Waals surface area contributed by atoms with Crippen molar-refractivity contribution < 1.29 is 19.5 Å². The first kappa shape index (κ1) is 33.1. The van der Waals surface area contributed by atoms with Gasteiger partial charge in [-0.3, -0.25) is 29.9 Å². The Kier molecular flexibility index (Phi) is 16.3. The van der Waals surface area contributed by atoms with Crippen molar-refractivity contribution in [2.45, 2.75) is 0 Å². The van der Waals surface area contributed by atoms with Crippen LogP contribution in [-0.2, 0) is 19.5 Å². The van der Waals surface area contributed by atoms with E-state index in [4.69, 9.17) is 0 Å². The molecule has 0 bridgehead atoms. The molecule has 6 nitrogen and oxygen atoms in total. The average Bonchev–Trinajstić information content (AvgIpc) is 3.01. The number of aromatic nitrogens is 6. The van der Waals surface area contributed by atoms with Crippen molar-refractivity contribution in [2.75, 3.05) is 0 Å². The Bertz CT molecular complexity index is 1110. The Morgan fingerprint density at radius 2 is 0.410 bits per heavy atom. The van der Waals surface area contributed by atoms with Crippen molar-refractivity contribution in [3.63, 3.8) is 0 Å². The Morgan fingerprint density at radius 1 is 0.256 bits per heavy atom. The van der Waals surface area contributed by atoms with E-state index in [1.54, 1.807) is 37.2 Å². The average molecular weight is 643 g/mol. The fraction of sp³-hybridized carbons (Fsp3) is 0. The van der Waals surface area contributed by atoms with Crippen molar-refractivity contribution in [3.8, 4) is 34.2 Å². The summed E-state index contributed by atoms with van der Waals surface area (Å²) < 4.78 is 0. The Hall–Kier alpha value is -3.90. The van der Waals surface area contributed by atoms with Gasteiger partial charge in [-0.1, -0.05) is 36.4 Å². The smallest absolute Gasteiger partial charge is 0.0886 e.